The summed E-state index contributed by atoms with van der Waals surface area (Å²) in [5, 5.41) is 2.82. The fourth-order valence-electron chi connectivity index (χ4n) is 2.27. The van der Waals surface area contributed by atoms with Crippen molar-refractivity contribution in [1.82, 2.24) is 0 Å². The first kappa shape index (κ1) is 16.2. The highest BCUT2D eigenvalue weighted by Crippen LogP contribution is 2.24. The number of hydrogen-bond donors (Lipinski definition) is 2. The summed E-state index contributed by atoms with van der Waals surface area (Å²) in [5.74, 6) is 0.822. The summed E-state index contributed by atoms with van der Waals surface area (Å²) >= 11 is 0. The lowest BCUT2D eigenvalue weighted by Gasteiger charge is -2.15. The quantitative estimate of drug-likeness (QED) is 0.840. The zero-order valence-corrected chi connectivity index (χ0v) is 13.2. The molecule has 118 valence electrons. The van der Waals surface area contributed by atoms with E-state index >= 15 is 0 Å². The highest BCUT2D eigenvalue weighted by molar-refractivity contribution is 6.39. The van der Waals surface area contributed by atoms with Crippen LogP contribution in [0.25, 0.3) is 0 Å². The number of nitrogens with two attached hydrogens (primary N) is 1. The van der Waals surface area contributed by atoms with E-state index in [4.69, 9.17) is 10.5 Å². The molecule has 0 radical (unpaired) electrons. The second kappa shape index (κ2) is 7.17. The molecule has 22 heavy (non-hydrogen) atoms. The maximum atomic E-state index is 12.1. The number of anilines is 1. The Kier molecular flexibility index (Phi) is 5.27. The minimum atomic E-state index is -0.517. The molecule has 0 aliphatic carbocycles. The Labute approximate surface area is 130 Å². The number of carbonyl (C=O) groups excluding carboxylic acids is 1. The van der Waals surface area contributed by atoms with Gasteiger partial charge in [0.1, 0.15) is 12.4 Å². The molecule has 1 aromatic carbocycles. The Morgan fingerprint density at radius 1 is 1.45 bits per heavy atom. The lowest BCUT2D eigenvalue weighted by atomic mass is 10.0. The second-order valence-electron chi connectivity index (χ2n) is 5.64. The summed E-state index contributed by atoms with van der Waals surface area (Å²) in [7, 11) is 1.58. The molecule has 6 heteroatoms. The molecule has 0 saturated heterocycles. The third-order valence-corrected chi connectivity index (χ3v) is 3.34. The van der Waals surface area contributed by atoms with E-state index in [9.17, 15) is 4.79 Å². The number of nitrogens with one attached hydrogen (secondary N) is 1. The number of aliphatic imine (C=N–C) groups is 2. The number of rotatable bonds is 6. The van der Waals surface area contributed by atoms with Crippen LogP contribution in [-0.2, 0) is 4.79 Å². The van der Waals surface area contributed by atoms with Crippen molar-refractivity contribution in [3.05, 3.63) is 23.8 Å². The molecular formula is C16H22N4O2. The van der Waals surface area contributed by atoms with E-state index < -0.39 is 6.04 Å². The maximum absolute atomic E-state index is 12.1. The Morgan fingerprint density at radius 2 is 2.23 bits per heavy atom. The monoisotopic (exact) mass is 302 g/mol. The van der Waals surface area contributed by atoms with E-state index in [2.05, 4.69) is 15.3 Å². The SMILES string of the molecule is COc1cc(NC(=O)[C@H](N)CC(C)C)ccc1C1=NCN=C1. The van der Waals surface area contributed by atoms with E-state index in [0.29, 0.717) is 30.4 Å². The molecule has 1 aliphatic heterocycles. The van der Waals surface area contributed by atoms with Gasteiger partial charge in [-0.3, -0.25) is 14.8 Å². The third-order valence-electron chi connectivity index (χ3n) is 3.34. The van der Waals surface area contributed by atoms with Crippen LogP contribution in [0, 0.1) is 5.92 Å². The predicted octanol–water partition coefficient (Wildman–Crippen LogP) is 1.84. The summed E-state index contributed by atoms with van der Waals surface area (Å²) in [6.07, 6.45) is 2.36. The number of methoxy groups -OCH3 is 1. The summed E-state index contributed by atoms with van der Waals surface area (Å²) in [5.41, 5.74) is 8.18. The van der Waals surface area contributed by atoms with Crippen LogP contribution in [0.15, 0.2) is 28.2 Å². The Hall–Kier alpha value is -2.21. The number of ether oxygens (including phenoxy) is 1. The van der Waals surface area contributed by atoms with Crippen LogP contribution >= 0.6 is 0 Å². The van der Waals surface area contributed by atoms with E-state index in [0.717, 1.165) is 11.3 Å². The third kappa shape index (κ3) is 3.92. The molecule has 0 spiro atoms. The molecule has 0 bridgehead atoms. The van der Waals surface area contributed by atoms with Gasteiger partial charge in [-0.15, -0.1) is 0 Å². The highest BCUT2D eigenvalue weighted by Gasteiger charge is 2.17. The first-order valence-corrected chi connectivity index (χ1v) is 7.30. The molecule has 0 saturated carbocycles. The van der Waals surface area contributed by atoms with Gasteiger partial charge in [-0.1, -0.05) is 13.8 Å². The summed E-state index contributed by atoms with van der Waals surface area (Å²) in [4.78, 5) is 20.4. The topological polar surface area (TPSA) is 89.1 Å². The van der Waals surface area contributed by atoms with E-state index in [1.54, 1.807) is 19.4 Å². The largest absolute Gasteiger partial charge is 0.496 e. The Balaban J connectivity index is 2.13. The average molecular weight is 302 g/mol. The van der Waals surface area contributed by atoms with Gasteiger partial charge in [0.2, 0.25) is 5.91 Å². The molecule has 1 atom stereocenters. The molecule has 0 aromatic heterocycles. The molecule has 1 amide bonds. The molecule has 1 heterocycles. The van der Waals surface area contributed by atoms with Crippen molar-refractivity contribution in [1.29, 1.82) is 0 Å². The summed E-state index contributed by atoms with van der Waals surface area (Å²) in [6.45, 7) is 4.52. The minimum absolute atomic E-state index is 0.191. The minimum Gasteiger partial charge on any atom is -0.496 e. The normalized spacial score (nSPS) is 14.9. The molecule has 0 unspecified atom stereocenters. The smallest absolute Gasteiger partial charge is 0.241 e. The van der Waals surface area contributed by atoms with Gasteiger partial charge >= 0.3 is 0 Å². The van der Waals surface area contributed by atoms with Crippen molar-refractivity contribution in [2.24, 2.45) is 21.6 Å². The summed E-state index contributed by atoms with van der Waals surface area (Å²) < 4.78 is 5.38. The van der Waals surface area contributed by atoms with E-state index in [-0.39, 0.29) is 5.91 Å². The van der Waals surface area contributed by atoms with Crippen LogP contribution in [0.2, 0.25) is 0 Å². The predicted molar refractivity (Wildman–Crippen MR) is 89.0 cm³/mol. The van der Waals surface area contributed by atoms with Crippen LogP contribution in [-0.4, -0.2) is 37.7 Å². The zero-order chi connectivity index (χ0) is 16.1. The first-order valence-electron chi connectivity index (χ1n) is 7.30. The number of benzene rings is 1. The fraction of sp³-hybridized carbons (Fsp3) is 0.438. The standard InChI is InChI=1S/C16H22N4O2/c1-10(2)6-13(17)16(21)20-11-4-5-12(15(7-11)22-3)14-8-18-9-19-14/h4-5,7-8,10,13H,6,9,17H2,1-3H3,(H,20,21)/t13-/m1/s1. The maximum Gasteiger partial charge on any atom is 0.241 e. The van der Waals surface area contributed by atoms with Gasteiger partial charge in [0, 0.05) is 23.5 Å². The molecule has 1 aliphatic rings. The van der Waals surface area contributed by atoms with Crippen molar-refractivity contribution < 1.29 is 9.53 Å². The number of hydrogen-bond acceptors (Lipinski definition) is 5. The second-order valence-corrected chi connectivity index (χ2v) is 5.64. The highest BCUT2D eigenvalue weighted by atomic mass is 16.5. The van der Waals surface area contributed by atoms with Crippen LogP contribution in [0.1, 0.15) is 25.8 Å². The van der Waals surface area contributed by atoms with Crippen molar-refractivity contribution >= 4 is 23.5 Å². The first-order chi connectivity index (χ1) is 10.5. The van der Waals surface area contributed by atoms with E-state index in [1.807, 2.05) is 26.0 Å². The van der Waals surface area contributed by atoms with Gasteiger partial charge in [-0.05, 0) is 24.5 Å². The molecule has 2 rings (SSSR count). The number of carbonyl (C=O) groups is 1. The lowest BCUT2D eigenvalue weighted by molar-refractivity contribution is -0.117. The number of nitrogens with zero attached hydrogens (tertiary/aromatic N) is 2. The van der Waals surface area contributed by atoms with E-state index in [1.165, 1.54) is 0 Å². The number of amides is 1. The van der Waals surface area contributed by atoms with Gasteiger partial charge < -0.3 is 15.8 Å². The molecule has 0 fully saturated rings. The van der Waals surface area contributed by atoms with Gasteiger partial charge in [-0.2, -0.15) is 0 Å². The van der Waals surface area contributed by atoms with Crippen LogP contribution in [0.5, 0.6) is 5.75 Å². The van der Waals surface area contributed by atoms with Crippen molar-refractivity contribution in [2.75, 3.05) is 19.1 Å². The van der Waals surface area contributed by atoms with Crippen LogP contribution in [0.3, 0.4) is 0 Å². The van der Waals surface area contributed by atoms with Gasteiger partial charge in [-0.25, -0.2) is 0 Å². The zero-order valence-electron chi connectivity index (χ0n) is 13.2. The summed E-state index contributed by atoms with van der Waals surface area (Å²) in [6, 6.07) is 4.92. The van der Waals surface area contributed by atoms with Gasteiger partial charge in [0.25, 0.3) is 0 Å². The molecule has 1 aromatic rings. The lowest BCUT2D eigenvalue weighted by Crippen LogP contribution is -2.36. The molecule has 6 nitrogen and oxygen atoms in total. The van der Waals surface area contributed by atoms with Gasteiger partial charge in [0.05, 0.1) is 18.9 Å². The average Bonchev–Trinajstić information content (AvgIpc) is 3.00. The Bertz CT molecular complexity index is 608. The molecule has 3 N–H and O–H groups in total. The molecular weight excluding hydrogens is 280 g/mol. The van der Waals surface area contributed by atoms with Crippen LogP contribution < -0.4 is 15.8 Å². The van der Waals surface area contributed by atoms with Crippen molar-refractivity contribution in [3.63, 3.8) is 0 Å². The van der Waals surface area contributed by atoms with Crippen molar-refractivity contribution in [3.8, 4) is 5.75 Å². The van der Waals surface area contributed by atoms with Crippen molar-refractivity contribution in [2.45, 2.75) is 26.3 Å². The van der Waals surface area contributed by atoms with Gasteiger partial charge in [0.15, 0.2) is 0 Å². The Morgan fingerprint density at radius 3 is 2.82 bits per heavy atom. The fourth-order valence-corrected chi connectivity index (χ4v) is 2.27. The van der Waals surface area contributed by atoms with Crippen LogP contribution in [0.4, 0.5) is 5.69 Å².